The van der Waals surface area contributed by atoms with Gasteiger partial charge in [0.2, 0.25) is 0 Å². The van der Waals surface area contributed by atoms with Crippen LogP contribution in [0, 0.1) is 6.92 Å². The number of para-hydroxylation sites is 1. The highest BCUT2D eigenvalue weighted by atomic mass is 32.2. The fourth-order valence-electron chi connectivity index (χ4n) is 3.87. The van der Waals surface area contributed by atoms with Crippen molar-refractivity contribution in [3.8, 4) is 0 Å². The maximum Gasteiger partial charge on any atom is 0.315 e. The molecule has 0 fully saturated rings. The van der Waals surface area contributed by atoms with Crippen LogP contribution in [0.15, 0.2) is 83.8 Å². The standard InChI is InChI=1S/C23H21NO4S/c1-16-12-14-18(15-13-16)29(26,27)24-20-11-7-6-10-19(20)21(23(25)28-2)22(24)17-8-4-3-5-9-17/h3-15,21-22H,1-2H3/t21-,22+/m1/s1. The van der Waals surface area contributed by atoms with Gasteiger partial charge in [0, 0.05) is 0 Å². The van der Waals surface area contributed by atoms with Gasteiger partial charge < -0.3 is 4.74 Å². The van der Waals surface area contributed by atoms with E-state index in [1.165, 1.54) is 11.4 Å². The Morgan fingerprint density at radius 3 is 2.17 bits per heavy atom. The van der Waals surface area contributed by atoms with E-state index in [4.69, 9.17) is 4.74 Å². The van der Waals surface area contributed by atoms with Gasteiger partial charge in [0.05, 0.1) is 23.7 Å². The van der Waals surface area contributed by atoms with Crippen LogP contribution in [0.3, 0.4) is 0 Å². The normalized spacial score (nSPS) is 18.3. The lowest BCUT2D eigenvalue weighted by atomic mass is 9.90. The number of sulfonamides is 1. The van der Waals surface area contributed by atoms with Gasteiger partial charge in [-0.3, -0.25) is 9.10 Å². The molecule has 3 aromatic rings. The highest BCUT2D eigenvalue weighted by Gasteiger charge is 2.49. The Bertz CT molecular complexity index is 1140. The minimum atomic E-state index is -3.92. The Morgan fingerprint density at radius 1 is 0.897 bits per heavy atom. The summed E-state index contributed by atoms with van der Waals surface area (Å²) in [6.45, 7) is 1.90. The number of carbonyl (C=O) groups excluding carboxylic acids is 1. The molecule has 0 saturated heterocycles. The summed E-state index contributed by atoms with van der Waals surface area (Å²) in [6.07, 6.45) is 0. The second kappa shape index (κ2) is 7.37. The van der Waals surface area contributed by atoms with Crippen LogP contribution in [-0.2, 0) is 19.6 Å². The lowest BCUT2D eigenvalue weighted by molar-refractivity contribution is -0.142. The number of esters is 1. The number of anilines is 1. The molecule has 0 bridgehead atoms. The van der Waals surface area contributed by atoms with Crippen LogP contribution >= 0.6 is 0 Å². The zero-order chi connectivity index (χ0) is 20.6. The van der Waals surface area contributed by atoms with Crippen LogP contribution in [0.2, 0.25) is 0 Å². The molecule has 0 radical (unpaired) electrons. The minimum absolute atomic E-state index is 0.185. The molecule has 0 aromatic heterocycles. The van der Waals surface area contributed by atoms with Gasteiger partial charge in [0.15, 0.2) is 0 Å². The average Bonchev–Trinajstić information content (AvgIpc) is 3.10. The van der Waals surface area contributed by atoms with Gasteiger partial charge in [-0.15, -0.1) is 0 Å². The zero-order valence-electron chi connectivity index (χ0n) is 16.1. The van der Waals surface area contributed by atoms with Crippen molar-refractivity contribution in [1.82, 2.24) is 0 Å². The first-order valence-electron chi connectivity index (χ1n) is 9.28. The summed E-state index contributed by atoms with van der Waals surface area (Å²) in [5.41, 5.74) is 2.84. The number of methoxy groups -OCH3 is 1. The molecule has 29 heavy (non-hydrogen) atoms. The molecule has 0 saturated carbocycles. The monoisotopic (exact) mass is 407 g/mol. The van der Waals surface area contributed by atoms with Crippen molar-refractivity contribution in [2.24, 2.45) is 0 Å². The fourth-order valence-corrected chi connectivity index (χ4v) is 5.55. The van der Waals surface area contributed by atoms with E-state index in [-0.39, 0.29) is 4.90 Å². The highest BCUT2D eigenvalue weighted by Crippen LogP contribution is 2.51. The number of ether oxygens (including phenoxy) is 1. The van der Waals surface area contributed by atoms with E-state index in [1.807, 2.05) is 37.3 Å². The molecule has 0 aliphatic carbocycles. The first kappa shape index (κ1) is 19.2. The maximum atomic E-state index is 13.7. The van der Waals surface area contributed by atoms with Gasteiger partial charge >= 0.3 is 5.97 Å². The molecular weight excluding hydrogens is 386 g/mol. The number of nitrogens with zero attached hydrogens (tertiary/aromatic N) is 1. The third-order valence-corrected chi connectivity index (χ3v) is 7.06. The summed E-state index contributed by atoms with van der Waals surface area (Å²) in [4.78, 5) is 13.0. The Hall–Kier alpha value is -3.12. The summed E-state index contributed by atoms with van der Waals surface area (Å²) in [6, 6.07) is 22.3. The predicted molar refractivity (Wildman–Crippen MR) is 111 cm³/mol. The van der Waals surface area contributed by atoms with Gasteiger partial charge in [-0.25, -0.2) is 8.42 Å². The highest BCUT2D eigenvalue weighted by molar-refractivity contribution is 7.92. The quantitative estimate of drug-likeness (QED) is 0.608. The molecule has 1 aliphatic heterocycles. The van der Waals surface area contributed by atoms with Crippen LogP contribution in [0.1, 0.15) is 28.7 Å². The van der Waals surface area contributed by atoms with Crippen LogP contribution < -0.4 is 4.31 Å². The van der Waals surface area contributed by atoms with Gasteiger partial charge in [-0.05, 0) is 36.2 Å². The molecule has 0 spiro atoms. The lowest BCUT2D eigenvalue weighted by Gasteiger charge is -2.29. The van der Waals surface area contributed by atoms with Crippen molar-refractivity contribution >= 4 is 21.7 Å². The van der Waals surface area contributed by atoms with E-state index in [9.17, 15) is 13.2 Å². The number of carbonyl (C=O) groups is 1. The SMILES string of the molecule is COC(=O)[C@@H]1c2ccccc2N(S(=O)(=O)c2ccc(C)cc2)[C@H]1c1ccccc1. The van der Waals surface area contributed by atoms with Crippen LogP contribution in [0.4, 0.5) is 5.69 Å². The number of hydrogen-bond donors (Lipinski definition) is 0. The minimum Gasteiger partial charge on any atom is -0.468 e. The van der Waals surface area contributed by atoms with Gasteiger partial charge in [-0.2, -0.15) is 0 Å². The van der Waals surface area contributed by atoms with Gasteiger partial charge in [-0.1, -0.05) is 66.2 Å². The van der Waals surface area contributed by atoms with Gasteiger partial charge in [0.1, 0.15) is 5.92 Å². The third-order valence-electron chi connectivity index (χ3n) is 5.25. The largest absolute Gasteiger partial charge is 0.468 e. The molecule has 4 rings (SSSR count). The number of rotatable bonds is 4. The van der Waals surface area contributed by atoms with Crippen molar-refractivity contribution in [2.45, 2.75) is 23.8 Å². The van der Waals surface area contributed by atoms with Crippen LogP contribution in [0.25, 0.3) is 0 Å². The zero-order valence-corrected chi connectivity index (χ0v) is 17.0. The first-order valence-corrected chi connectivity index (χ1v) is 10.7. The maximum absolute atomic E-state index is 13.7. The molecule has 6 heteroatoms. The van der Waals surface area contributed by atoms with E-state index in [0.717, 1.165) is 11.1 Å². The Morgan fingerprint density at radius 2 is 1.52 bits per heavy atom. The van der Waals surface area contributed by atoms with E-state index >= 15 is 0 Å². The molecule has 0 N–H and O–H groups in total. The number of hydrogen-bond acceptors (Lipinski definition) is 4. The van der Waals surface area contributed by atoms with Crippen molar-refractivity contribution in [1.29, 1.82) is 0 Å². The summed E-state index contributed by atoms with van der Waals surface area (Å²) in [5.74, 6) is -1.22. The molecular formula is C23H21NO4S. The summed E-state index contributed by atoms with van der Waals surface area (Å²) >= 11 is 0. The van der Waals surface area contributed by atoms with Crippen molar-refractivity contribution < 1.29 is 17.9 Å². The molecule has 2 atom stereocenters. The van der Waals surface area contributed by atoms with Crippen LogP contribution in [-0.4, -0.2) is 21.5 Å². The van der Waals surface area contributed by atoms with E-state index in [1.54, 1.807) is 48.5 Å². The summed E-state index contributed by atoms with van der Waals surface area (Å²) in [5, 5.41) is 0. The Labute approximate surface area is 170 Å². The number of aryl methyl sites for hydroxylation is 1. The van der Waals surface area contributed by atoms with E-state index in [0.29, 0.717) is 11.3 Å². The topological polar surface area (TPSA) is 63.7 Å². The molecule has 1 heterocycles. The van der Waals surface area contributed by atoms with E-state index in [2.05, 4.69) is 0 Å². The number of fused-ring (bicyclic) bond motifs is 1. The second-order valence-electron chi connectivity index (χ2n) is 7.03. The fraction of sp³-hybridized carbons (Fsp3) is 0.174. The molecule has 0 amide bonds. The summed E-state index contributed by atoms with van der Waals surface area (Å²) < 4.78 is 33.9. The Balaban J connectivity index is 1.96. The van der Waals surface area contributed by atoms with Crippen molar-refractivity contribution in [3.63, 3.8) is 0 Å². The van der Waals surface area contributed by atoms with Gasteiger partial charge in [0.25, 0.3) is 10.0 Å². The summed E-state index contributed by atoms with van der Waals surface area (Å²) in [7, 11) is -2.59. The van der Waals surface area contributed by atoms with Crippen molar-refractivity contribution in [2.75, 3.05) is 11.4 Å². The van der Waals surface area contributed by atoms with Crippen molar-refractivity contribution in [3.05, 3.63) is 95.6 Å². The smallest absolute Gasteiger partial charge is 0.315 e. The second-order valence-corrected chi connectivity index (χ2v) is 8.84. The molecule has 0 unspecified atom stereocenters. The Kier molecular flexibility index (Phi) is 4.88. The molecule has 1 aliphatic rings. The first-order chi connectivity index (χ1) is 13.9. The van der Waals surface area contributed by atoms with E-state index < -0.39 is 28.0 Å². The molecule has 5 nitrogen and oxygen atoms in total. The number of benzene rings is 3. The van der Waals surface area contributed by atoms with Crippen LogP contribution in [0.5, 0.6) is 0 Å². The molecule has 148 valence electrons. The average molecular weight is 407 g/mol. The predicted octanol–water partition coefficient (Wildman–Crippen LogP) is 4.20. The molecule has 3 aromatic carbocycles. The third kappa shape index (κ3) is 3.19. The lowest BCUT2D eigenvalue weighted by Crippen LogP contribution is -2.35.